The van der Waals surface area contributed by atoms with E-state index in [-0.39, 0.29) is 11.8 Å². The van der Waals surface area contributed by atoms with Crippen molar-refractivity contribution in [3.8, 4) is 0 Å². The maximum Gasteiger partial charge on any atom is 0.225 e. The number of hydrogen-bond acceptors (Lipinski definition) is 2. The lowest BCUT2D eigenvalue weighted by atomic mass is 9.49. The quantitative estimate of drug-likeness (QED) is 0.598. The topological polar surface area (TPSA) is 56.7 Å². The summed E-state index contributed by atoms with van der Waals surface area (Å²) in [6, 6.07) is 0.320. The molecular formula is C21H36N4O. The zero-order valence-electron chi connectivity index (χ0n) is 16.8. The van der Waals surface area contributed by atoms with Gasteiger partial charge < -0.3 is 15.5 Å². The molecule has 0 spiro atoms. The van der Waals surface area contributed by atoms with Crippen molar-refractivity contribution in [1.82, 2.24) is 15.5 Å². The van der Waals surface area contributed by atoms with Crippen LogP contribution in [0.15, 0.2) is 4.99 Å². The molecule has 4 aliphatic carbocycles. The van der Waals surface area contributed by atoms with E-state index in [0.717, 1.165) is 49.8 Å². The molecule has 2 N–H and O–H groups in total. The minimum atomic E-state index is 0.0854. The van der Waals surface area contributed by atoms with Gasteiger partial charge in [0, 0.05) is 38.6 Å². The van der Waals surface area contributed by atoms with Crippen LogP contribution in [-0.4, -0.2) is 49.5 Å². The van der Waals surface area contributed by atoms with Crippen molar-refractivity contribution >= 4 is 11.9 Å². The highest BCUT2D eigenvalue weighted by atomic mass is 16.2. The molecule has 4 bridgehead atoms. The third kappa shape index (κ3) is 3.59. The van der Waals surface area contributed by atoms with Gasteiger partial charge in [-0.3, -0.25) is 9.79 Å². The van der Waals surface area contributed by atoms with Crippen molar-refractivity contribution < 1.29 is 4.79 Å². The Labute approximate surface area is 158 Å². The Morgan fingerprint density at radius 1 is 1.15 bits per heavy atom. The van der Waals surface area contributed by atoms with E-state index in [9.17, 15) is 4.79 Å². The average molecular weight is 361 g/mol. The molecule has 1 atom stereocenters. The molecule has 1 heterocycles. The van der Waals surface area contributed by atoms with Crippen LogP contribution in [0.25, 0.3) is 0 Å². The standard InChI is InChI=1S/C21H36N4O/c1-14(2)19(26)25-5-4-18(12-25)24-20(22-3)23-13-21-9-15-6-16(10-21)8-17(7-15)11-21/h14-18H,4-13H2,1-3H3,(H2,22,23,24). The Bertz CT molecular complexity index is 535. The van der Waals surface area contributed by atoms with Gasteiger partial charge in [0.1, 0.15) is 0 Å². The van der Waals surface area contributed by atoms with Gasteiger partial charge in [0.25, 0.3) is 0 Å². The minimum Gasteiger partial charge on any atom is -0.356 e. The number of nitrogens with one attached hydrogen (secondary N) is 2. The Morgan fingerprint density at radius 3 is 2.31 bits per heavy atom. The van der Waals surface area contributed by atoms with Crippen LogP contribution in [0, 0.1) is 29.1 Å². The highest BCUT2D eigenvalue weighted by Crippen LogP contribution is 2.59. The fraction of sp³-hybridized carbons (Fsp3) is 0.905. The first-order chi connectivity index (χ1) is 12.5. The SMILES string of the molecule is CN=C(NCC12CC3CC(CC(C3)C1)C2)NC1CCN(C(=O)C(C)C)C1. The van der Waals surface area contributed by atoms with Gasteiger partial charge in [-0.1, -0.05) is 13.8 Å². The van der Waals surface area contributed by atoms with Crippen LogP contribution in [0.1, 0.15) is 58.8 Å². The van der Waals surface area contributed by atoms with Crippen LogP contribution in [-0.2, 0) is 4.79 Å². The van der Waals surface area contributed by atoms with Gasteiger partial charge in [0.2, 0.25) is 5.91 Å². The molecule has 5 aliphatic rings. The zero-order chi connectivity index (χ0) is 18.3. The Balaban J connectivity index is 1.29. The van der Waals surface area contributed by atoms with E-state index in [4.69, 9.17) is 0 Å². The van der Waals surface area contributed by atoms with E-state index in [1.54, 1.807) is 0 Å². The molecule has 1 unspecified atom stereocenters. The molecular weight excluding hydrogens is 324 g/mol. The van der Waals surface area contributed by atoms with Crippen LogP contribution >= 0.6 is 0 Å². The molecule has 4 saturated carbocycles. The number of aliphatic imine (C=N–C) groups is 1. The van der Waals surface area contributed by atoms with Crippen molar-refractivity contribution in [2.24, 2.45) is 34.1 Å². The van der Waals surface area contributed by atoms with Crippen molar-refractivity contribution in [3.05, 3.63) is 0 Å². The highest BCUT2D eigenvalue weighted by Gasteiger charge is 2.50. The largest absolute Gasteiger partial charge is 0.356 e. The third-order valence-electron chi connectivity index (χ3n) is 7.35. The summed E-state index contributed by atoms with van der Waals surface area (Å²) in [5.41, 5.74) is 0.516. The van der Waals surface area contributed by atoms with Crippen LogP contribution in [0.2, 0.25) is 0 Å². The summed E-state index contributed by atoms with van der Waals surface area (Å²) in [5, 5.41) is 7.22. The maximum absolute atomic E-state index is 12.2. The molecule has 1 saturated heterocycles. The number of likely N-dealkylation sites (tertiary alicyclic amines) is 1. The van der Waals surface area contributed by atoms with Crippen molar-refractivity contribution in [1.29, 1.82) is 0 Å². The normalized spacial score (nSPS) is 38.9. The first-order valence-corrected chi connectivity index (χ1v) is 10.7. The molecule has 5 heteroatoms. The third-order valence-corrected chi connectivity index (χ3v) is 7.35. The van der Waals surface area contributed by atoms with Crippen LogP contribution < -0.4 is 10.6 Å². The summed E-state index contributed by atoms with van der Waals surface area (Å²) in [6.45, 7) is 6.69. The van der Waals surface area contributed by atoms with E-state index in [2.05, 4.69) is 15.6 Å². The summed E-state index contributed by atoms with van der Waals surface area (Å²) in [7, 11) is 1.86. The number of amides is 1. The molecule has 0 radical (unpaired) electrons. The molecule has 26 heavy (non-hydrogen) atoms. The molecule has 0 aromatic heterocycles. The van der Waals surface area contributed by atoms with Crippen molar-refractivity contribution in [2.45, 2.75) is 64.8 Å². The number of carbonyl (C=O) groups excluding carboxylic acids is 1. The maximum atomic E-state index is 12.2. The monoisotopic (exact) mass is 360 g/mol. The second-order valence-corrected chi connectivity index (χ2v) is 9.91. The molecule has 1 aliphatic heterocycles. The summed E-state index contributed by atoms with van der Waals surface area (Å²) in [5.74, 6) is 4.24. The molecule has 146 valence electrons. The minimum absolute atomic E-state index is 0.0854. The first kappa shape index (κ1) is 18.1. The van der Waals surface area contributed by atoms with E-state index in [0.29, 0.717) is 11.5 Å². The number of nitrogens with zero attached hydrogens (tertiary/aromatic N) is 2. The van der Waals surface area contributed by atoms with Crippen molar-refractivity contribution in [2.75, 3.05) is 26.7 Å². The number of rotatable bonds is 4. The van der Waals surface area contributed by atoms with Gasteiger partial charge in [-0.25, -0.2) is 0 Å². The van der Waals surface area contributed by atoms with E-state index in [1.807, 2.05) is 25.8 Å². The number of guanidine groups is 1. The predicted octanol–water partition coefficient (Wildman–Crippen LogP) is 2.62. The fourth-order valence-corrected chi connectivity index (χ4v) is 6.61. The van der Waals surface area contributed by atoms with Gasteiger partial charge >= 0.3 is 0 Å². The lowest BCUT2D eigenvalue weighted by Crippen LogP contribution is -2.53. The fourth-order valence-electron chi connectivity index (χ4n) is 6.61. The van der Waals surface area contributed by atoms with Gasteiger partial charge in [0.05, 0.1) is 0 Å². The second-order valence-electron chi connectivity index (χ2n) is 9.91. The van der Waals surface area contributed by atoms with Gasteiger partial charge in [-0.15, -0.1) is 0 Å². The highest BCUT2D eigenvalue weighted by molar-refractivity contribution is 5.81. The average Bonchev–Trinajstić information content (AvgIpc) is 3.05. The number of hydrogen-bond donors (Lipinski definition) is 2. The van der Waals surface area contributed by atoms with Crippen LogP contribution in [0.4, 0.5) is 0 Å². The lowest BCUT2D eigenvalue weighted by molar-refractivity contribution is -0.133. The number of carbonyl (C=O) groups is 1. The first-order valence-electron chi connectivity index (χ1n) is 10.7. The van der Waals surface area contributed by atoms with Gasteiger partial charge in [0.15, 0.2) is 5.96 Å². The van der Waals surface area contributed by atoms with E-state index in [1.165, 1.54) is 38.5 Å². The molecule has 1 amide bonds. The van der Waals surface area contributed by atoms with Crippen LogP contribution in [0.5, 0.6) is 0 Å². The smallest absolute Gasteiger partial charge is 0.225 e. The molecule has 0 aromatic carbocycles. The summed E-state index contributed by atoms with van der Waals surface area (Å²) in [6.07, 6.45) is 9.75. The predicted molar refractivity (Wildman–Crippen MR) is 105 cm³/mol. The second kappa shape index (κ2) is 7.05. The molecule has 5 fully saturated rings. The summed E-state index contributed by atoms with van der Waals surface area (Å²) in [4.78, 5) is 18.6. The Morgan fingerprint density at radius 2 is 1.77 bits per heavy atom. The summed E-state index contributed by atoms with van der Waals surface area (Å²) >= 11 is 0. The van der Waals surface area contributed by atoms with Gasteiger partial charge in [-0.2, -0.15) is 0 Å². The lowest BCUT2D eigenvalue weighted by Gasteiger charge is -2.57. The van der Waals surface area contributed by atoms with Gasteiger partial charge in [-0.05, 0) is 68.1 Å². The molecule has 5 nitrogen and oxygen atoms in total. The van der Waals surface area contributed by atoms with Crippen molar-refractivity contribution in [3.63, 3.8) is 0 Å². The zero-order valence-corrected chi connectivity index (χ0v) is 16.8. The Kier molecular flexibility index (Phi) is 4.91. The van der Waals surface area contributed by atoms with E-state index < -0.39 is 0 Å². The molecule has 5 rings (SSSR count). The van der Waals surface area contributed by atoms with E-state index >= 15 is 0 Å². The molecule has 0 aromatic rings. The Hall–Kier alpha value is -1.26. The van der Waals surface area contributed by atoms with Crippen LogP contribution in [0.3, 0.4) is 0 Å². The summed E-state index contributed by atoms with van der Waals surface area (Å²) < 4.78 is 0.